The molecule has 3 aliphatic rings. The summed E-state index contributed by atoms with van der Waals surface area (Å²) in [6.07, 6.45) is 5.88. The van der Waals surface area contributed by atoms with Crippen molar-refractivity contribution in [1.29, 1.82) is 0 Å². The Morgan fingerprint density at radius 3 is 2.45 bits per heavy atom. The van der Waals surface area contributed by atoms with Gasteiger partial charge in [-0.1, -0.05) is 0 Å². The van der Waals surface area contributed by atoms with Crippen LogP contribution in [0.1, 0.15) is 32.1 Å². The first-order chi connectivity index (χ1) is 8.71. The van der Waals surface area contributed by atoms with E-state index in [9.17, 15) is 4.79 Å². The molecule has 1 amide bonds. The Hall–Kier alpha value is -0.0300. The molecule has 1 unspecified atom stereocenters. The molecule has 20 heavy (non-hydrogen) atoms. The van der Waals surface area contributed by atoms with Gasteiger partial charge in [-0.25, -0.2) is 0 Å². The number of halogens is 2. The predicted octanol–water partition coefficient (Wildman–Crippen LogP) is 1.53. The molecule has 3 fully saturated rings. The zero-order chi connectivity index (χ0) is 12.6. The monoisotopic (exact) mass is 323 g/mol. The number of piperidine rings is 2. The minimum atomic E-state index is -0.0299. The van der Waals surface area contributed by atoms with Crippen LogP contribution in [0.15, 0.2) is 0 Å². The fourth-order valence-electron chi connectivity index (χ4n) is 4.02. The molecular weight excluding hydrogens is 297 g/mol. The van der Waals surface area contributed by atoms with Crippen molar-refractivity contribution in [2.45, 2.75) is 38.1 Å². The van der Waals surface area contributed by atoms with Gasteiger partial charge in [0.2, 0.25) is 5.91 Å². The minimum Gasteiger partial charge on any atom is -0.345 e. The quantitative estimate of drug-likeness (QED) is 0.794. The summed E-state index contributed by atoms with van der Waals surface area (Å²) in [5.41, 5.74) is -0.0299. The van der Waals surface area contributed by atoms with Crippen molar-refractivity contribution in [2.24, 2.45) is 5.41 Å². The second-order valence-corrected chi connectivity index (χ2v) is 6.31. The molecule has 0 bridgehead atoms. The fourth-order valence-corrected chi connectivity index (χ4v) is 4.02. The standard InChI is InChI=1S/C14H25N3O.2ClH/c1-16-10-6-14(13(16)18)5-2-9-17(11-14)12-3-7-15-8-4-12;;/h12,15H,2-11H2,1H3;2*1H. The van der Waals surface area contributed by atoms with Crippen molar-refractivity contribution in [2.75, 3.05) is 39.8 Å². The highest BCUT2D eigenvalue weighted by molar-refractivity contribution is 5.86. The largest absolute Gasteiger partial charge is 0.345 e. The maximum atomic E-state index is 12.4. The van der Waals surface area contributed by atoms with Crippen molar-refractivity contribution >= 4 is 30.7 Å². The molecule has 3 aliphatic heterocycles. The number of hydrogen-bond acceptors (Lipinski definition) is 3. The molecule has 1 N–H and O–H groups in total. The average Bonchev–Trinajstić information content (AvgIpc) is 2.69. The van der Waals surface area contributed by atoms with Crippen LogP contribution in [0.25, 0.3) is 0 Å². The van der Waals surface area contributed by atoms with E-state index in [0.29, 0.717) is 11.9 Å². The molecule has 0 aromatic rings. The van der Waals surface area contributed by atoms with Gasteiger partial charge in [0.05, 0.1) is 5.41 Å². The lowest BCUT2D eigenvalue weighted by Crippen LogP contribution is -2.53. The van der Waals surface area contributed by atoms with Crippen molar-refractivity contribution < 1.29 is 4.79 Å². The van der Waals surface area contributed by atoms with E-state index in [1.807, 2.05) is 11.9 Å². The van der Waals surface area contributed by atoms with E-state index >= 15 is 0 Å². The van der Waals surface area contributed by atoms with Gasteiger partial charge in [0.25, 0.3) is 0 Å². The van der Waals surface area contributed by atoms with Crippen molar-refractivity contribution in [3.63, 3.8) is 0 Å². The molecule has 0 aromatic heterocycles. The Morgan fingerprint density at radius 1 is 1.15 bits per heavy atom. The van der Waals surface area contributed by atoms with Crippen LogP contribution in [0.5, 0.6) is 0 Å². The smallest absolute Gasteiger partial charge is 0.229 e. The van der Waals surface area contributed by atoms with Gasteiger partial charge in [0.1, 0.15) is 0 Å². The fraction of sp³-hybridized carbons (Fsp3) is 0.929. The Kier molecular flexibility index (Phi) is 6.58. The molecule has 0 aliphatic carbocycles. The Labute approximate surface area is 134 Å². The summed E-state index contributed by atoms with van der Waals surface area (Å²) >= 11 is 0. The Balaban J connectivity index is 0.000001000. The van der Waals surface area contributed by atoms with E-state index in [-0.39, 0.29) is 30.2 Å². The maximum absolute atomic E-state index is 12.4. The van der Waals surface area contributed by atoms with Crippen LogP contribution in [-0.2, 0) is 4.79 Å². The number of likely N-dealkylation sites (tertiary alicyclic amines) is 2. The summed E-state index contributed by atoms with van der Waals surface area (Å²) in [6, 6.07) is 0.710. The number of carbonyl (C=O) groups excluding carboxylic acids is 1. The molecule has 0 radical (unpaired) electrons. The van der Waals surface area contributed by atoms with Crippen LogP contribution in [0.2, 0.25) is 0 Å². The normalized spacial score (nSPS) is 32.0. The summed E-state index contributed by atoms with van der Waals surface area (Å²) < 4.78 is 0. The Morgan fingerprint density at radius 2 is 1.85 bits per heavy atom. The minimum absolute atomic E-state index is 0. The van der Waals surface area contributed by atoms with Gasteiger partial charge in [-0.2, -0.15) is 0 Å². The van der Waals surface area contributed by atoms with E-state index in [0.717, 1.165) is 39.0 Å². The average molecular weight is 324 g/mol. The third kappa shape index (κ3) is 3.24. The van der Waals surface area contributed by atoms with Gasteiger partial charge in [0.15, 0.2) is 0 Å². The van der Waals surface area contributed by atoms with Gasteiger partial charge in [-0.3, -0.25) is 9.69 Å². The van der Waals surface area contributed by atoms with Gasteiger partial charge in [-0.15, -0.1) is 24.8 Å². The summed E-state index contributed by atoms with van der Waals surface area (Å²) in [4.78, 5) is 16.9. The number of nitrogens with one attached hydrogen (secondary N) is 1. The second kappa shape index (κ2) is 7.30. The topological polar surface area (TPSA) is 35.6 Å². The van der Waals surface area contributed by atoms with Gasteiger partial charge in [-0.05, 0) is 51.7 Å². The van der Waals surface area contributed by atoms with Crippen molar-refractivity contribution in [1.82, 2.24) is 15.1 Å². The van der Waals surface area contributed by atoms with Crippen LogP contribution < -0.4 is 5.32 Å². The maximum Gasteiger partial charge on any atom is 0.229 e. The number of hydrogen-bond donors (Lipinski definition) is 1. The molecular formula is C14H27Cl2N3O. The SMILES string of the molecule is CN1CCC2(CCCN(C3CCNCC3)C2)C1=O.Cl.Cl. The van der Waals surface area contributed by atoms with Crippen molar-refractivity contribution in [3.8, 4) is 0 Å². The molecule has 3 rings (SSSR count). The van der Waals surface area contributed by atoms with E-state index in [2.05, 4.69) is 10.2 Å². The predicted molar refractivity (Wildman–Crippen MR) is 85.9 cm³/mol. The second-order valence-electron chi connectivity index (χ2n) is 6.31. The van der Waals surface area contributed by atoms with Crippen LogP contribution >= 0.6 is 24.8 Å². The van der Waals surface area contributed by atoms with Gasteiger partial charge < -0.3 is 10.2 Å². The summed E-state index contributed by atoms with van der Waals surface area (Å²) in [7, 11) is 1.96. The van der Waals surface area contributed by atoms with E-state index in [1.165, 1.54) is 25.8 Å². The van der Waals surface area contributed by atoms with E-state index < -0.39 is 0 Å². The first kappa shape index (κ1) is 18.0. The van der Waals surface area contributed by atoms with Crippen LogP contribution in [-0.4, -0.2) is 61.5 Å². The van der Waals surface area contributed by atoms with Crippen LogP contribution in [0, 0.1) is 5.41 Å². The highest BCUT2D eigenvalue weighted by atomic mass is 35.5. The molecule has 3 saturated heterocycles. The molecule has 0 saturated carbocycles. The highest BCUT2D eigenvalue weighted by Gasteiger charge is 2.48. The molecule has 6 heteroatoms. The lowest BCUT2D eigenvalue weighted by atomic mass is 9.77. The number of nitrogens with zero attached hydrogens (tertiary/aromatic N) is 2. The molecule has 4 nitrogen and oxygen atoms in total. The molecule has 0 aromatic carbocycles. The zero-order valence-corrected chi connectivity index (χ0v) is 13.9. The Bertz CT molecular complexity index is 332. The molecule has 1 spiro atoms. The lowest BCUT2D eigenvalue weighted by molar-refractivity contribution is -0.138. The first-order valence-electron chi connectivity index (χ1n) is 7.42. The molecule has 3 heterocycles. The van der Waals surface area contributed by atoms with Gasteiger partial charge >= 0.3 is 0 Å². The van der Waals surface area contributed by atoms with Crippen LogP contribution in [0.3, 0.4) is 0 Å². The summed E-state index contributed by atoms with van der Waals surface area (Å²) in [6.45, 7) is 5.45. The third-order valence-electron chi connectivity index (χ3n) is 5.16. The summed E-state index contributed by atoms with van der Waals surface area (Å²) in [5, 5.41) is 3.43. The van der Waals surface area contributed by atoms with E-state index in [4.69, 9.17) is 0 Å². The summed E-state index contributed by atoms with van der Waals surface area (Å²) in [5.74, 6) is 0.404. The van der Waals surface area contributed by atoms with Gasteiger partial charge in [0, 0.05) is 26.2 Å². The lowest BCUT2D eigenvalue weighted by Gasteiger charge is -2.44. The number of carbonyl (C=O) groups is 1. The highest BCUT2D eigenvalue weighted by Crippen LogP contribution is 2.40. The molecule has 118 valence electrons. The number of rotatable bonds is 1. The zero-order valence-electron chi connectivity index (χ0n) is 12.3. The third-order valence-corrected chi connectivity index (χ3v) is 5.16. The number of amides is 1. The van der Waals surface area contributed by atoms with Crippen molar-refractivity contribution in [3.05, 3.63) is 0 Å². The van der Waals surface area contributed by atoms with E-state index in [1.54, 1.807) is 0 Å². The molecule has 1 atom stereocenters. The first-order valence-corrected chi connectivity index (χ1v) is 7.42. The van der Waals surface area contributed by atoms with Crippen LogP contribution in [0.4, 0.5) is 0 Å².